The van der Waals surface area contributed by atoms with Gasteiger partial charge < -0.3 is 5.32 Å². The van der Waals surface area contributed by atoms with Gasteiger partial charge in [-0.3, -0.25) is 9.47 Å². The molecule has 2 aliphatic rings. The van der Waals surface area contributed by atoms with Crippen LogP contribution < -0.4 is 5.32 Å². The summed E-state index contributed by atoms with van der Waals surface area (Å²) in [5, 5.41) is 3.51. The summed E-state index contributed by atoms with van der Waals surface area (Å²) in [5.74, 6) is 2.63. The van der Waals surface area contributed by atoms with Crippen LogP contribution in [0.4, 0.5) is 5.95 Å². The molecule has 0 radical (unpaired) electrons. The van der Waals surface area contributed by atoms with Gasteiger partial charge in [0.1, 0.15) is 0 Å². The van der Waals surface area contributed by atoms with Gasteiger partial charge in [0.15, 0.2) is 0 Å². The molecule has 1 N–H and O–H groups in total. The Morgan fingerprint density at radius 2 is 2.05 bits per heavy atom. The number of nitrogens with zero attached hydrogens (tertiary/aromatic N) is 3. The van der Waals surface area contributed by atoms with Crippen LogP contribution in [0.3, 0.4) is 0 Å². The standard InChI is InChI=1S/C17H24N4/c1-12-6-5-9-15(13(12)2)20-10-18-17-19-14-7-3-4-8-16(14)21(17)11-20/h3-4,7-8,12-13,15H,5-6,9-11H2,1-2H3,(H,18,19)/t12-,13+,15-/m1/s1. The lowest BCUT2D eigenvalue weighted by Gasteiger charge is -2.43. The number of rotatable bonds is 1. The first-order valence-corrected chi connectivity index (χ1v) is 8.17. The third-order valence-corrected chi connectivity index (χ3v) is 5.55. The molecular formula is C17H24N4. The van der Waals surface area contributed by atoms with Crippen LogP contribution in [0.1, 0.15) is 33.1 Å². The lowest BCUT2D eigenvalue weighted by atomic mass is 9.77. The van der Waals surface area contributed by atoms with Gasteiger partial charge in [-0.15, -0.1) is 0 Å². The Morgan fingerprint density at radius 1 is 1.19 bits per heavy atom. The molecule has 0 unspecified atom stereocenters. The molecule has 0 saturated heterocycles. The Hall–Kier alpha value is -1.55. The fourth-order valence-electron chi connectivity index (χ4n) is 4.05. The molecule has 0 spiro atoms. The Morgan fingerprint density at radius 3 is 2.95 bits per heavy atom. The number of hydrogen-bond donors (Lipinski definition) is 1. The summed E-state index contributed by atoms with van der Waals surface area (Å²) in [6.07, 6.45) is 4.08. The fourth-order valence-corrected chi connectivity index (χ4v) is 4.05. The number of aromatic nitrogens is 2. The minimum Gasteiger partial charge on any atom is -0.343 e. The first kappa shape index (κ1) is 13.1. The van der Waals surface area contributed by atoms with E-state index in [-0.39, 0.29) is 0 Å². The van der Waals surface area contributed by atoms with Gasteiger partial charge in [-0.05, 0) is 30.4 Å². The average molecular weight is 284 g/mol. The number of benzene rings is 1. The van der Waals surface area contributed by atoms with Crippen molar-refractivity contribution in [2.24, 2.45) is 11.8 Å². The number of imidazole rings is 1. The zero-order chi connectivity index (χ0) is 14.4. The van der Waals surface area contributed by atoms with Crippen LogP contribution in [0, 0.1) is 11.8 Å². The van der Waals surface area contributed by atoms with Crippen LogP contribution >= 0.6 is 0 Å². The smallest absolute Gasteiger partial charge is 0.206 e. The summed E-state index contributed by atoms with van der Waals surface area (Å²) in [6.45, 7) is 6.72. The van der Waals surface area contributed by atoms with E-state index in [4.69, 9.17) is 4.98 Å². The van der Waals surface area contributed by atoms with E-state index in [0.717, 1.165) is 36.6 Å². The molecule has 1 aliphatic carbocycles. The Bertz CT molecular complexity index is 647. The summed E-state index contributed by atoms with van der Waals surface area (Å²) in [4.78, 5) is 7.29. The van der Waals surface area contributed by atoms with E-state index in [1.807, 2.05) is 0 Å². The van der Waals surface area contributed by atoms with E-state index in [1.165, 1.54) is 24.8 Å². The lowest BCUT2D eigenvalue weighted by Crippen LogP contribution is -2.49. The molecule has 4 rings (SSSR count). The molecule has 1 fully saturated rings. The van der Waals surface area contributed by atoms with E-state index >= 15 is 0 Å². The van der Waals surface area contributed by atoms with Crippen LogP contribution in [-0.4, -0.2) is 27.2 Å². The van der Waals surface area contributed by atoms with E-state index in [2.05, 4.69) is 52.9 Å². The lowest BCUT2D eigenvalue weighted by molar-refractivity contribution is 0.0584. The van der Waals surface area contributed by atoms with Crippen molar-refractivity contribution in [3.8, 4) is 0 Å². The summed E-state index contributed by atoms with van der Waals surface area (Å²) < 4.78 is 2.32. The van der Waals surface area contributed by atoms with Gasteiger partial charge in [-0.1, -0.05) is 38.8 Å². The fraction of sp³-hybridized carbons (Fsp3) is 0.588. The van der Waals surface area contributed by atoms with E-state index in [1.54, 1.807) is 0 Å². The van der Waals surface area contributed by atoms with Crippen molar-refractivity contribution in [3.63, 3.8) is 0 Å². The number of nitrogens with one attached hydrogen (secondary N) is 1. The normalized spacial score (nSPS) is 30.1. The highest BCUT2D eigenvalue weighted by molar-refractivity contribution is 5.78. The molecule has 1 saturated carbocycles. The molecule has 1 aromatic carbocycles. The van der Waals surface area contributed by atoms with Crippen LogP contribution in [0.2, 0.25) is 0 Å². The number of hydrogen-bond acceptors (Lipinski definition) is 3. The molecule has 0 bridgehead atoms. The summed E-state index contributed by atoms with van der Waals surface area (Å²) in [7, 11) is 0. The highest BCUT2D eigenvalue weighted by Gasteiger charge is 2.33. The summed E-state index contributed by atoms with van der Waals surface area (Å²) in [5.41, 5.74) is 2.33. The Kier molecular flexibility index (Phi) is 3.14. The quantitative estimate of drug-likeness (QED) is 0.870. The minimum atomic E-state index is 0.690. The molecular weight excluding hydrogens is 260 g/mol. The van der Waals surface area contributed by atoms with E-state index in [9.17, 15) is 0 Å². The number of para-hydroxylation sites is 2. The molecule has 4 heteroatoms. The van der Waals surface area contributed by atoms with Crippen molar-refractivity contribution in [1.82, 2.24) is 14.5 Å². The SMILES string of the molecule is C[C@H]1[C@H](C)CCC[C@H]1N1CNc2nc3ccccc3n2C1. The second-order valence-corrected chi connectivity index (χ2v) is 6.75. The maximum atomic E-state index is 4.69. The molecule has 2 aromatic rings. The second-order valence-electron chi connectivity index (χ2n) is 6.75. The van der Waals surface area contributed by atoms with Crippen LogP contribution in [0.5, 0.6) is 0 Å². The molecule has 0 amide bonds. The van der Waals surface area contributed by atoms with Gasteiger partial charge in [-0.25, -0.2) is 4.98 Å². The van der Waals surface area contributed by atoms with Crippen LogP contribution in [0.25, 0.3) is 11.0 Å². The predicted molar refractivity (Wildman–Crippen MR) is 86.0 cm³/mol. The van der Waals surface area contributed by atoms with Gasteiger partial charge in [-0.2, -0.15) is 0 Å². The first-order chi connectivity index (χ1) is 10.2. The van der Waals surface area contributed by atoms with Crippen molar-refractivity contribution in [2.45, 2.75) is 45.8 Å². The molecule has 1 aromatic heterocycles. The van der Waals surface area contributed by atoms with Crippen molar-refractivity contribution >= 4 is 17.0 Å². The third-order valence-electron chi connectivity index (χ3n) is 5.55. The monoisotopic (exact) mass is 284 g/mol. The third kappa shape index (κ3) is 2.13. The number of fused-ring (bicyclic) bond motifs is 3. The van der Waals surface area contributed by atoms with Gasteiger partial charge >= 0.3 is 0 Å². The Labute approximate surface area is 126 Å². The summed E-state index contributed by atoms with van der Waals surface area (Å²) >= 11 is 0. The van der Waals surface area contributed by atoms with Crippen molar-refractivity contribution in [1.29, 1.82) is 0 Å². The minimum absolute atomic E-state index is 0.690. The van der Waals surface area contributed by atoms with Gasteiger partial charge in [0.2, 0.25) is 5.95 Å². The molecule has 4 nitrogen and oxygen atoms in total. The van der Waals surface area contributed by atoms with Crippen molar-refractivity contribution in [3.05, 3.63) is 24.3 Å². The predicted octanol–water partition coefficient (Wildman–Crippen LogP) is 3.50. The highest BCUT2D eigenvalue weighted by atomic mass is 15.4. The maximum absolute atomic E-state index is 4.69. The first-order valence-electron chi connectivity index (χ1n) is 8.17. The zero-order valence-corrected chi connectivity index (χ0v) is 12.9. The second kappa shape index (κ2) is 5.02. The molecule has 1 aliphatic heterocycles. The molecule has 112 valence electrons. The maximum Gasteiger partial charge on any atom is 0.206 e. The number of anilines is 1. The average Bonchev–Trinajstić information content (AvgIpc) is 2.88. The van der Waals surface area contributed by atoms with Gasteiger partial charge in [0.25, 0.3) is 0 Å². The molecule has 3 atom stereocenters. The van der Waals surface area contributed by atoms with Gasteiger partial charge in [0.05, 0.1) is 24.4 Å². The zero-order valence-electron chi connectivity index (χ0n) is 12.9. The topological polar surface area (TPSA) is 33.1 Å². The molecule has 21 heavy (non-hydrogen) atoms. The van der Waals surface area contributed by atoms with Gasteiger partial charge in [0, 0.05) is 6.04 Å². The van der Waals surface area contributed by atoms with Crippen molar-refractivity contribution < 1.29 is 0 Å². The van der Waals surface area contributed by atoms with E-state index in [0.29, 0.717) is 6.04 Å². The molecule has 2 heterocycles. The van der Waals surface area contributed by atoms with E-state index < -0.39 is 0 Å². The van der Waals surface area contributed by atoms with Crippen molar-refractivity contribution in [2.75, 3.05) is 12.0 Å². The largest absolute Gasteiger partial charge is 0.343 e. The van der Waals surface area contributed by atoms with Crippen LogP contribution in [-0.2, 0) is 6.67 Å². The summed E-state index contributed by atoms with van der Waals surface area (Å²) in [6, 6.07) is 9.11. The van der Waals surface area contributed by atoms with Crippen LogP contribution in [0.15, 0.2) is 24.3 Å². The highest BCUT2D eigenvalue weighted by Crippen LogP contribution is 2.34. The Balaban J connectivity index is 1.64.